The summed E-state index contributed by atoms with van der Waals surface area (Å²) in [4.78, 5) is 25.1. The number of hydrogen-bond acceptors (Lipinski definition) is 9. The van der Waals surface area contributed by atoms with Gasteiger partial charge in [-0.2, -0.15) is 0 Å². The Bertz CT molecular complexity index is 788. The van der Waals surface area contributed by atoms with Crippen LogP contribution in [0.3, 0.4) is 0 Å². The monoisotopic (exact) mass is 473 g/mol. The second-order valence-electron chi connectivity index (χ2n) is 7.25. The molecule has 0 bridgehead atoms. The number of ether oxygens (including phenoxy) is 3. The molecule has 0 aromatic heterocycles. The van der Waals surface area contributed by atoms with E-state index < -0.39 is 37.7 Å². The maximum Gasteiger partial charge on any atom is 0.338 e. The Morgan fingerprint density at radius 2 is 1.69 bits per heavy atom. The smallest absolute Gasteiger partial charge is 0.338 e. The molecule has 0 aliphatic rings. The van der Waals surface area contributed by atoms with Crippen molar-refractivity contribution < 1.29 is 37.4 Å². The van der Waals surface area contributed by atoms with Crippen LogP contribution in [0.5, 0.6) is 5.75 Å². The number of nitrogens with two attached hydrogens (primary N) is 1. The number of carbonyl (C=O) groups is 2. The number of Topliss-reactive ketones (excluding diaryl/α,β-unsaturated/α-hetero) is 1. The highest BCUT2D eigenvalue weighted by molar-refractivity contribution is 7.54. The van der Waals surface area contributed by atoms with Gasteiger partial charge < -0.3 is 29.0 Å². The van der Waals surface area contributed by atoms with Crippen LogP contribution in [-0.4, -0.2) is 57.1 Å². The van der Waals surface area contributed by atoms with Crippen molar-refractivity contribution in [3.8, 4) is 5.75 Å². The molecule has 1 aromatic carbocycles. The summed E-state index contributed by atoms with van der Waals surface area (Å²) in [6.45, 7) is 9.24. The molecule has 9 nitrogen and oxygen atoms in total. The molecule has 32 heavy (non-hydrogen) atoms. The van der Waals surface area contributed by atoms with Crippen LogP contribution >= 0.6 is 7.60 Å². The highest BCUT2D eigenvalue weighted by Crippen LogP contribution is 2.48. The van der Waals surface area contributed by atoms with Crippen LogP contribution in [-0.2, 0) is 39.1 Å². The Hall–Kier alpha value is -1.77. The number of hydrogen-bond donors (Lipinski definition) is 1. The highest BCUT2D eigenvalue weighted by Gasteiger charge is 2.32. The Kier molecular flexibility index (Phi) is 12.1. The molecule has 0 heterocycles. The number of benzene rings is 1. The van der Waals surface area contributed by atoms with Gasteiger partial charge in [-0.3, -0.25) is 9.36 Å². The van der Waals surface area contributed by atoms with Gasteiger partial charge in [0.05, 0.1) is 39.1 Å². The third kappa shape index (κ3) is 8.64. The minimum atomic E-state index is -3.60. The summed E-state index contributed by atoms with van der Waals surface area (Å²) >= 11 is 0. The minimum Gasteiger partial charge on any atom is -0.496 e. The first kappa shape index (κ1) is 28.3. The van der Waals surface area contributed by atoms with E-state index in [9.17, 15) is 14.2 Å². The first-order valence-corrected chi connectivity index (χ1v) is 12.5. The lowest BCUT2D eigenvalue weighted by atomic mass is 9.98. The van der Waals surface area contributed by atoms with Gasteiger partial charge in [0.1, 0.15) is 11.9 Å². The summed E-state index contributed by atoms with van der Waals surface area (Å²) in [5.41, 5.74) is 7.33. The molecule has 0 fully saturated rings. The third-order valence-corrected chi connectivity index (χ3v) is 6.39. The molecule has 2 unspecified atom stereocenters. The molecule has 10 heteroatoms. The summed E-state index contributed by atoms with van der Waals surface area (Å²) in [5.74, 6) is -0.575. The average Bonchev–Trinajstić information content (AvgIpc) is 2.72. The van der Waals surface area contributed by atoms with Gasteiger partial charge in [0.25, 0.3) is 0 Å². The first-order valence-electron chi connectivity index (χ1n) is 10.8. The number of ketones is 1. The van der Waals surface area contributed by atoms with Crippen molar-refractivity contribution in [3.63, 3.8) is 0 Å². The lowest BCUT2D eigenvalue weighted by molar-refractivity contribution is -0.159. The molecular formula is C22H36NO8P. The molecule has 0 spiro atoms. The molecule has 2 N–H and O–H groups in total. The molecule has 1 rings (SSSR count). The van der Waals surface area contributed by atoms with Crippen molar-refractivity contribution in [1.82, 2.24) is 0 Å². The number of esters is 1. The maximum atomic E-state index is 12.8. The Labute approximate surface area is 190 Å². The van der Waals surface area contributed by atoms with Crippen LogP contribution in [0, 0.1) is 0 Å². The number of carbonyl (C=O) groups excluding carboxylic acids is 2. The van der Waals surface area contributed by atoms with Gasteiger partial charge in [0.2, 0.25) is 0 Å². The Balaban J connectivity index is 3.16. The zero-order valence-corrected chi connectivity index (χ0v) is 20.7. The lowest BCUT2D eigenvalue weighted by Gasteiger charge is -2.22. The van der Waals surface area contributed by atoms with Crippen LogP contribution < -0.4 is 10.5 Å². The first-order chi connectivity index (χ1) is 15.1. The van der Waals surface area contributed by atoms with E-state index in [2.05, 4.69) is 0 Å². The molecule has 0 saturated carbocycles. The molecule has 182 valence electrons. The fourth-order valence-electron chi connectivity index (χ4n) is 3.10. The van der Waals surface area contributed by atoms with E-state index in [0.29, 0.717) is 16.9 Å². The Morgan fingerprint density at radius 1 is 1.06 bits per heavy atom. The van der Waals surface area contributed by atoms with E-state index in [1.807, 2.05) is 13.8 Å². The molecule has 0 aliphatic heterocycles. The summed E-state index contributed by atoms with van der Waals surface area (Å²) in [6, 6.07) is 4.00. The number of rotatable bonds is 15. The largest absolute Gasteiger partial charge is 0.496 e. The summed E-state index contributed by atoms with van der Waals surface area (Å²) in [6.07, 6.45) is -1.22. The van der Waals surface area contributed by atoms with Crippen LogP contribution in [0.2, 0.25) is 0 Å². The summed E-state index contributed by atoms with van der Waals surface area (Å²) < 4.78 is 39.3. The van der Waals surface area contributed by atoms with Gasteiger partial charge in [-0.05, 0) is 52.3 Å². The predicted octanol–water partition coefficient (Wildman–Crippen LogP) is 3.43. The van der Waals surface area contributed by atoms with Crippen molar-refractivity contribution in [2.24, 2.45) is 5.73 Å². The van der Waals surface area contributed by atoms with Crippen molar-refractivity contribution in [1.29, 1.82) is 0 Å². The summed E-state index contributed by atoms with van der Waals surface area (Å²) in [7, 11) is -2.13. The molecule has 0 aliphatic carbocycles. The second-order valence-corrected chi connectivity index (χ2v) is 9.31. The third-order valence-electron chi connectivity index (χ3n) is 4.38. The standard InChI is InChI=1S/C22H36NO8P/c1-7-28-22(25)20(31-15(4)5)13-16-10-11-19(27-6)17(12-16)21(23)18(24)14-32(26,29-8-2)30-9-3/h10-12,15,20-21H,7-9,13-14,23H2,1-6H3. The minimum absolute atomic E-state index is 0.143. The fourth-order valence-corrected chi connectivity index (χ4v) is 4.73. The van der Waals surface area contributed by atoms with Crippen molar-refractivity contribution in [2.75, 3.05) is 33.1 Å². The SMILES string of the molecule is CCOC(=O)C(Cc1ccc(OC)c(C(N)C(=O)CP(=O)(OCC)OCC)c1)OC(C)C. The molecular weight excluding hydrogens is 437 g/mol. The van der Waals surface area contributed by atoms with E-state index in [-0.39, 0.29) is 32.3 Å². The van der Waals surface area contributed by atoms with E-state index in [1.54, 1.807) is 39.0 Å². The van der Waals surface area contributed by atoms with Crippen molar-refractivity contribution in [2.45, 2.75) is 59.3 Å². The van der Waals surface area contributed by atoms with Gasteiger partial charge in [-0.1, -0.05) is 6.07 Å². The van der Waals surface area contributed by atoms with Gasteiger partial charge in [0, 0.05) is 12.0 Å². The highest BCUT2D eigenvalue weighted by atomic mass is 31.2. The molecule has 0 saturated heterocycles. The number of methoxy groups -OCH3 is 1. The van der Waals surface area contributed by atoms with Gasteiger partial charge in [0.15, 0.2) is 11.9 Å². The van der Waals surface area contributed by atoms with Crippen molar-refractivity contribution in [3.05, 3.63) is 29.3 Å². The topological polar surface area (TPSA) is 123 Å². The molecule has 2 atom stereocenters. The van der Waals surface area contributed by atoms with Crippen LogP contribution in [0.4, 0.5) is 0 Å². The van der Waals surface area contributed by atoms with Crippen molar-refractivity contribution >= 4 is 19.3 Å². The van der Waals surface area contributed by atoms with E-state index >= 15 is 0 Å². The van der Waals surface area contributed by atoms with E-state index in [0.717, 1.165) is 0 Å². The van der Waals surface area contributed by atoms with E-state index in [4.69, 9.17) is 29.0 Å². The summed E-state index contributed by atoms with van der Waals surface area (Å²) in [5, 5.41) is 0. The maximum absolute atomic E-state index is 12.8. The van der Waals surface area contributed by atoms with Gasteiger partial charge in [-0.25, -0.2) is 4.79 Å². The molecule has 1 aromatic rings. The zero-order valence-electron chi connectivity index (χ0n) is 19.8. The van der Waals surface area contributed by atoms with Gasteiger partial charge in [-0.15, -0.1) is 0 Å². The van der Waals surface area contributed by atoms with E-state index in [1.165, 1.54) is 7.11 Å². The fraction of sp³-hybridized carbons (Fsp3) is 0.636. The lowest BCUT2D eigenvalue weighted by Crippen LogP contribution is -2.31. The quantitative estimate of drug-likeness (QED) is 0.301. The van der Waals surface area contributed by atoms with Gasteiger partial charge >= 0.3 is 13.6 Å². The average molecular weight is 474 g/mol. The second kappa shape index (κ2) is 13.7. The molecule has 0 amide bonds. The van der Waals surface area contributed by atoms with Crippen LogP contribution in [0.1, 0.15) is 51.8 Å². The van der Waals surface area contributed by atoms with Crippen LogP contribution in [0.15, 0.2) is 18.2 Å². The molecule has 0 radical (unpaired) electrons. The van der Waals surface area contributed by atoms with Crippen LogP contribution in [0.25, 0.3) is 0 Å². The zero-order chi connectivity index (χ0) is 24.3. The normalized spacial score (nSPS) is 13.6. The Morgan fingerprint density at radius 3 is 2.19 bits per heavy atom. The predicted molar refractivity (Wildman–Crippen MR) is 121 cm³/mol.